The normalized spacial score (nSPS) is 17.1. The Morgan fingerprint density at radius 1 is 0.895 bits per heavy atom. The highest BCUT2D eigenvalue weighted by molar-refractivity contribution is 5.95. The van der Waals surface area contributed by atoms with Crippen molar-refractivity contribution in [3.8, 4) is 5.75 Å². The fraction of sp³-hybridized carbons (Fsp3) is 0.323. The largest absolute Gasteiger partial charge is 0.489 e. The summed E-state index contributed by atoms with van der Waals surface area (Å²) in [5, 5.41) is 7.78. The third-order valence-corrected chi connectivity index (χ3v) is 7.14. The van der Waals surface area contributed by atoms with E-state index < -0.39 is 0 Å². The topological polar surface area (TPSA) is 79.4 Å². The van der Waals surface area contributed by atoms with Gasteiger partial charge >= 0.3 is 0 Å². The maximum atomic E-state index is 13.0. The van der Waals surface area contributed by atoms with Crippen LogP contribution in [-0.4, -0.2) is 42.6 Å². The van der Waals surface area contributed by atoms with Gasteiger partial charge in [-0.05, 0) is 61.9 Å². The lowest BCUT2D eigenvalue weighted by Crippen LogP contribution is -2.34. The Kier molecular flexibility index (Phi) is 8.02. The summed E-state index contributed by atoms with van der Waals surface area (Å²) in [6.07, 6.45) is 4.14. The molecule has 1 amide bonds. The average Bonchev–Trinajstić information content (AvgIpc) is 2.96. The number of rotatable bonds is 9. The lowest BCUT2D eigenvalue weighted by Gasteiger charge is -2.29. The van der Waals surface area contributed by atoms with Crippen LogP contribution >= 0.6 is 0 Å². The monoisotopic (exact) mass is 509 g/mol. The first-order valence-corrected chi connectivity index (χ1v) is 13.3. The average molecular weight is 510 g/mol. The van der Waals surface area contributed by atoms with E-state index in [0.29, 0.717) is 36.6 Å². The maximum absolute atomic E-state index is 13.0. The summed E-state index contributed by atoms with van der Waals surface area (Å²) in [5.41, 5.74) is 2.50. The van der Waals surface area contributed by atoms with Gasteiger partial charge in [0.1, 0.15) is 18.2 Å². The minimum absolute atomic E-state index is 0.0433. The van der Waals surface area contributed by atoms with Gasteiger partial charge in [0.05, 0.1) is 5.52 Å². The Hall–Kier alpha value is -4.13. The standard InChI is InChI=1S/C31H35N5O2/c1-36(2)29-27-14-8-9-15-28(27)34-31(35-29)33-24-18-16-22(17-19-24)20-32-30(37)26-13-7-6-10-23(26)21-38-25-11-4-3-5-12-25/h3-15,22,24H,16-21H2,1-2H3,(H,32,37)(H,33,34,35)/t22-,24+. The number of hydrogen-bond acceptors (Lipinski definition) is 6. The fourth-order valence-corrected chi connectivity index (χ4v) is 5.04. The van der Waals surface area contributed by atoms with Crippen LogP contribution in [0.25, 0.3) is 10.9 Å². The molecule has 196 valence electrons. The van der Waals surface area contributed by atoms with Crippen molar-refractivity contribution in [3.63, 3.8) is 0 Å². The SMILES string of the molecule is CN(C)c1nc(N[C@H]2CC[C@@H](CNC(=O)c3ccccc3COc3ccccc3)CC2)nc2ccccc12. The third kappa shape index (κ3) is 6.22. The van der Waals surface area contributed by atoms with Crippen LogP contribution in [0, 0.1) is 5.92 Å². The Balaban J connectivity index is 1.13. The zero-order valence-corrected chi connectivity index (χ0v) is 22.1. The van der Waals surface area contributed by atoms with Crippen LogP contribution in [0.4, 0.5) is 11.8 Å². The number of nitrogens with zero attached hydrogens (tertiary/aromatic N) is 3. The molecule has 7 nitrogen and oxygen atoms in total. The molecule has 0 unspecified atom stereocenters. The van der Waals surface area contributed by atoms with Crippen molar-refractivity contribution in [1.82, 2.24) is 15.3 Å². The minimum atomic E-state index is -0.0433. The van der Waals surface area contributed by atoms with Crippen molar-refractivity contribution in [3.05, 3.63) is 90.0 Å². The molecule has 0 radical (unpaired) electrons. The summed E-state index contributed by atoms with van der Waals surface area (Å²) in [7, 11) is 4.01. The Morgan fingerprint density at radius 2 is 1.61 bits per heavy atom. The molecule has 5 rings (SSSR count). The predicted molar refractivity (Wildman–Crippen MR) is 153 cm³/mol. The van der Waals surface area contributed by atoms with Crippen molar-refractivity contribution in [1.29, 1.82) is 0 Å². The number of amides is 1. The molecule has 0 spiro atoms. The molecule has 1 saturated carbocycles. The molecular formula is C31H35N5O2. The lowest BCUT2D eigenvalue weighted by atomic mass is 9.86. The van der Waals surface area contributed by atoms with Crippen molar-refractivity contribution < 1.29 is 9.53 Å². The van der Waals surface area contributed by atoms with E-state index in [1.165, 1.54) is 0 Å². The molecule has 1 aromatic heterocycles. The lowest BCUT2D eigenvalue weighted by molar-refractivity contribution is 0.0940. The van der Waals surface area contributed by atoms with Gasteiger partial charge in [-0.15, -0.1) is 0 Å². The van der Waals surface area contributed by atoms with Crippen molar-refractivity contribution in [2.45, 2.75) is 38.3 Å². The quantitative estimate of drug-likeness (QED) is 0.302. The molecule has 1 aliphatic carbocycles. The summed E-state index contributed by atoms with van der Waals surface area (Å²) in [5.74, 6) is 2.81. The first kappa shape index (κ1) is 25.5. The molecule has 1 heterocycles. The zero-order valence-electron chi connectivity index (χ0n) is 22.1. The van der Waals surface area contributed by atoms with Crippen LogP contribution in [0.15, 0.2) is 78.9 Å². The van der Waals surface area contributed by atoms with Gasteiger partial charge in [-0.2, -0.15) is 4.98 Å². The molecule has 0 atom stereocenters. The molecule has 2 N–H and O–H groups in total. The van der Waals surface area contributed by atoms with E-state index in [4.69, 9.17) is 14.7 Å². The molecular weight excluding hydrogens is 474 g/mol. The molecule has 1 aliphatic rings. The van der Waals surface area contributed by atoms with Gasteiger partial charge in [-0.3, -0.25) is 4.79 Å². The number of carbonyl (C=O) groups is 1. The molecule has 7 heteroatoms. The van der Waals surface area contributed by atoms with Gasteiger partial charge in [0.15, 0.2) is 0 Å². The van der Waals surface area contributed by atoms with E-state index in [1.807, 2.05) is 91.8 Å². The first-order valence-electron chi connectivity index (χ1n) is 13.3. The predicted octanol–water partition coefficient (Wildman–Crippen LogP) is 5.68. The molecule has 1 fully saturated rings. The van der Waals surface area contributed by atoms with Gasteiger partial charge in [-0.1, -0.05) is 48.5 Å². The number of fused-ring (bicyclic) bond motifs is 1. The van der Waals surface area contributed by atoms with E-state index in [-0.39, 0.29) is 5.91 Å². The molecule has 0 aliphatic heterocycles. The Labute approximate surface area is 224 Å². The summed E-state index contributed by atoms with van der Waals surface area (Å²) < 4.78 is 5.88. The molecule has 38 heavy (non-hydrogen) atoms. The van der Waals surface area contributed by atoms with Gasteiger partial charge in [0, 0.05) is 43.2 Å². The highest BCUT2D eigenvalue weighted by Crippen LogP contribution is 2.28. The second-order valence-corrected chi connectivity index (χ2v) is 10.1. The minimum Gasteiger partial charge on any atom is -0.489 e. The van der Waals surface area contributed by atoms with Crippen LogP contribution in [0.2, 0.25) is 0 Å². The Bertz CT molecular complexity index is 1370. The number of aromatic nitrogens is 2. The molecule has 3 aromatic carbocycles. The maximum Gasteiger partial charge on any atom is 0.251 e. The smallest absolute Gasteiger partial charge is 0.251 e. The highest BCUT2D eigenvalue weighted by Gasteiger charge is 2.23. The van der Waals surface area contributed by atoms with E-state index in [0.717, 1.165) is 53.7 Å². The van der Waals surface area contributed by atoms with Gasteiger partial charge in [-0.25, -0.2) is 4.98 Å². The summed E-state index contributed by atoms with van der Waals surface area (Å²) in [4.78, 5) is 24.6. The Morgan fingerprint density at radius 3 is 2.39 bits per heavy atom. The number of nitrogens with one attached hydrogen (secondary N) is 2. The van der Waals surface area contributed by atoms with Crippen LogP contribution in [-0.2, 0) is 6.61 Å². The van der Waals surface area contributed by atoms with Crippen LogP contribution in [0.1, 0.15) is 41.6 Å². The molecule has 0 bridgehead atoms. The number of ether oxygens (including phenoxy) is 1. The van der Waals surface area contributed by atoms with Gasteiger partial charge < -0.3 is 20.3 Å². The van der Waals surface area contributed by atoms with Crippen LogP contribution in [0.5, 0.6) is 5.75 Å². The summed E-state index contributed by atoms with van der Waals surface area (Å²) in [6.45, 7) is 1.04. The molecule has 0 saturated heterocycles. The van der Waals surface area contributed by atoms with E-state index in [9.17, 15) is 4.79 Å². The summed E-state index contributed by atoms with van der Waals surface area (Å²) >= 11 is 0. The zero-order chi connectivity index (χ0) is 26.3. The molecule has 4 aromatic rings. The van der Waals surface area contributed by atoms with Crippen molar-refractivity contribution in [2.75, 3.05) is 30.9 Å². The summed E-state index contributed by atoms with van der Waals surface area (Å²) in [6, 6.07) is 25.8. The van der Waals surface area contributed by atoms with E-state index in [2.05, 4.69) is 16.7 Å². The first-order chi connectivity index (χ1) is 18.6. The van der Waals surface area contributed by atoms with Crippen LogP contribution in [0.3, 0.4) is 0 Å². The second-order valence-electron chi connectivity index (χ2n) is 10.1. The van der Waals surface area contributed by atoms with Crippen LogP contribution < -0.4 is 20.3 Å². The van der Waals surface area contributed by atoms with Gasteiger partial charge in [0.2, 0.25) is 5.95 Å². The number of carbonyl (C=O) groups excluding carboxylic acids is 1. The van der Waals surface area contributed by atoms with Gasteiger partial charge in [0.25, 0.3) is 5.91 Å². The number of benzene rings is 3. The second kappa shape index (κ2) is 11.9. The van der Waals surface area contributed by atoms with Crippen molar-refractivity contribution >= 4 is 28.6 Å². The number of anilines is 2. The van der Waals surface area contributed by atoms with E-state index in [1.54, 1.807) is 0 Å². The number of para-hydroxylation sites is 2. The highest BCUT2D eigenvalue weighted by atomic mass is 16.5. The fourth-order valence-electron chi connectivity index (χ4n) is 5.04. The number of hydrogen-bond donors (Lipinski definition) is 2. The third-order valence-electron chi connectivity index (χ3n) is 7.14. The van der Waals surface area contributed by atoms with E-state index >= 15 is 0 Å². The van der Waals surface area contributed by atoms with Crippen molar-refractivity contribution in [2.24, 2.45) is 5.92 Å².